The van der Waals surface area contributed by atoms with Crippen LogP contribution in [0.2, 0.25) is 0 Å². The zero-order valence-corrected chi connectivity index (χ0v) is 16.4. The lowest BCUT2D eigenvalue weighted by Crippen LogP contribution is -2.48. The van der Waals surface area contributed by atoms with Gasteiger partial charge in [0.1, 0.15) is 5.82 Å². The molecule has 5 nitrogen and oxygen atoms in total. The largest absolute Gasteiger partial charge is 0.493 e. The Morgan fingerprint density at radius 3 is 2.82 bits per heavy atom. The van der Waals surface area contributed by atoms with E-state index in [-0.39, 0.29) is 30.8 Å². The second-order valence-electron chi connectivity index (χ2n) is 7.06. The van der Waals surface area contributed by atoms with Gasteiger partial charge < -0.3 is 19.7 Å². The van der Waals surface area contributed by atoms with Crippen LogP contribution >= 0.6 is 0 Å². The highest BCUT2D eigenvalue weighted by atomic mass is 19.1. The number of nitrogens with one attached hydrogen (secondary N) is 1. The summed E-state index contributed by atoms with van der Waals surface area (Å²) in [5.41, 5.74) is 1.63. The van der Waals surface area contributed by atoms with E-state index in [1.165, 1.54) is 6.07 Å². The number of hydrogen-bond donors (Lipinski definition) is 1. The van der Waals surface area contributed by atoms with E-state index in [1.54, 1.807) is 13.2 Å². The molecule has 2 aromatic rings. The predicted octanol–water partition coefficient (Wildman–Crippen LogP) is 3.70. The highest BCUT2D eigenvalue weighted by Gasteiger charge is 2.23. The third-order valence-electron chi connectivity index (χ3n) is 4.88. The van der Waals surface area contributed by atoms with Gasteiger partial charge in [0.25, 0.3) is 0 Å². The van der Waals surface area contributed by atoms with E-state index in [2.05, 4.69) is 5.32 Å². The molecule has 1 fully saturated rings. The van der Waals surface area contributed by atoms with Gasteiger partial charge in [0.15, 0.2) is 11.5 Å². The molecule has 150 valence electrons. The Balaban J connectivity index is 1.49. The molecule has 0 aromatic heterocycles. The summed E-state index contributed by atoms with van der Waals surface area (Å²) in [5, 5.41) is 3.05. The molecule has 1 amide bonds. The summed E-state index contributed by atoms with van der Waals surface area (Å²) in [5.74, 6) is 0.983. The number of ether oxygens (including phenoxy) is 2. The van der Waals surface area contributed by atoms with Crippen molar-refractivity contribution in [2.75, 3.05) is 31.7 Å². The molecule has 1 saturated heterocycles. The molecule has 1 aliphatic heterocycles. The molecule has 1 atom stereocenters. The number of methoxy groups -OCH3 is 1. The van der Waals surface area contributed by atoms with Crippen molar-refractivity contribution in [3.8, 4) is 11.5 Å². The highest BCUT2D eigenvalue weighted by Crippen LogP contribution is 2.26. The van der Waals surface area contributed by atoms with Crippen molar-refractivity contribution in [1.82, 2.24) is 5.32 Å². The first-order valence-electron chi connectivity index (χ1n) is 9.63. The summed E-state index contributed by atoms with van der Waals surface area (Å²) >= 11 is 0. The van der Waals surface area contributed by atoms with Crippen LogP contribution in [0.15, 0.2) is 42.5 Å². The fourth-order valence-electron chi connectivity index (χ4n) is 3.47. The lowest BCUT2D eigenvalue weighted by atomic mass is 10.0. The normalized spacial score (nSPS) is 16.5. The molecule has 28 heavy (non-hydrogen) atoms. The maximum absolute atomic E-state index is 14.2. The minimum Gasteiger partial charge on any atom is -0.493 e. The van der Waals surface area contributed by atoms with Crippen LogP contribution in [0.1, 0.15) is 24.8 Å². The molecule has 0 bridgehead atoms. The number of aryl methyl sites for hydroxylation is 1. The van der Waals surface area contributed by atoms with E-state index >= 15 is 0 Å². The highest BCUT2D eigenvalue weighted by molar-refractivity contribution is 5.76. The number of halogens is 1. The van der Waals surface area contributed by atoms with E-state index in [0.717, 1.165) is 24.9 Å². The molecule has 2 aromatic carbocycles. The number of carbonyl (C=O) groups excluding carboxylic acids is 1. The van der Waals surface area contributed by atoms with Gasteiger partial charge in [-0.05, 0) is 49.6 Å². The third kappa shape index (κ3) is 5.15. The van der Waals surface area contributed by atoms with Crippen molar-refractivity contribution >= 4 is 11.6 Å². The maximum Gasteiger partial charge on any atom is 0.223 e. The molecule has 3 rings (SSSR count). The first-order chi connectivity index (χ1) is 13.6. The van der Waals surface area contributed by atoms with Gasteiger partial charge in [0.2, 0.25) is 5.91 Å². The number of nitrogens with zero attached hydrogens (tertiary/aromatic N) is 1. The van der Waals surface area contributed by atoms with Crippen LogP contribution in [-0.4, -0.2) is 38.8 Å². The van der Waals surface area contributed by atoms with Crippen LogP contribution < -0.4 is 19.7 Å². The summed E-state index contributed by atoms with van der Waals surface area (Å²) in [6.45, 7) is 3.63. The van der Waals surface area contributed by atoms with E-state index in [0.29, 0.717) is 23.7 Å². The van der Waals surface area contributed by atoms with E-state index in [9.17, 15) is 9.18 Å². The molecule has 1 N–H and O–H groups in total. The summed E-state index contributed by atoms with van der Waals surface area (Å²) in [4.78, 5) is 14.3. The van der Waals surface area contributed by atoms with Crippen LogP contribution in [0, 0.1) is 12.7 Å². The molecule has 1 aliphatic rings. The average molecular weight is 386 g/mol. The van der Waals surface area contributed by atoms with Gasteiger partial charge >= 0.3 is 0 Å². The van der Waals surface area contributed by atoms with Crippen molar-refractivity contribution in [2.45, 2.75) is 32.2 Å². The Hall–Kier alpha value is -2.76. The first kappa shape index (κ1) is 20.0. The van der Waals surface area contributed by atoms with Crippen molar-refractivity contribution in [1.29, 1.82) is 0 Å². The fraction of sp³-hybridized carbons (Fsp3) is 0.409. The molecule has 0 saturated carbocycles. The molecule has 0 radical (unpaired) electrons. The molecular formula is C22H27FN2O3. The van der Waals surface area contributed by atoms with Gasteiger partial charge in [0, 0.05) is 19.1 Å². The number of hydrogen-bond acceptors (Lipinski definition) is 4. The Kier molecular flexibility index (Phi) is 6.74. The first-order valence-corrected chi connectivity index (χ1v) is 9.63. The Labute approximate surface area is 165 Å². The lowest BCUT2D eigenvalue weighted by molar-refractivity contribution is -0.122. The second-order valence-corrected chi connectivity index (χ2v) is 7.06. The van der Waals surface area contributed by atoms with Gasteiger partial charge in [0.05, 0.1) is 25.8 Å². The summed E-state index contributed by atoms with van der Waals surface area (Å²) in [7, 11) is 1.58. The number of rotatable bonds is 7. The van der Waals surface area contributed by atoms with E-state index in [4.69, 9.17) is 9.47 Å². The van der Waals surface area contributed by atoms with Gasteiger partial charge in [-0.2, -0.15) is 0 Å². The Morgan fingerprint density at radius 1 is 1.25 bits per heavy atom. The van der Waals surface area contributed by atoms with Crippen LogP contribution in [0.25, 0.3) is 0 Å². The van der Waals surface area contributed by atoms with Gasteiger partial charge in [-0.15, -0.1) is 0 Å². The van der Waals surface area contributed by atoms with E-state index in [1.807, 2.05) is 42.2 Å². The molecule has 1 heterocycles. The number of para-hydroxylation sites is 2. The molecule has 0 spiro atoms. The van der Waals surface area contributed by atoms with Crippen LogP contribution in [0.3, 0.4) is 0 Å². The van der Waals surface area contributed by atoms with Crippen molar-refractivity contribution in [3.63, 3.8) is 0 Å². The topological polar surface area (TPSA) is 50.8 Å². The molecular weight excluding hydrogens is 359 g/mol. The zero-order valence-electron chi connectivity index (χ0n) is 16.4. The number of anilines is 1. The fourth-order valence-corrected chi connectivity index (χ4v) is 3.47. The molecule has 0 aliphatic carbocycles. The lowest BCUT2D eigenvalue weighted by Gasteiger charge is -2.35. The van der Waals surface area contributed by atoms with Gasteiger partial charge in [-0.3, -0.25) is 4.79 Å². The Morgan fingerprint density at radius 2 is 2.04 bits per heavy atom. The van der Waals surface area contributed by atoms with Crippen LogP contribution in [0.5, 0.6) is 11.5 Å². The van der Waals surface area contributed by atoms with Crippen LogP contribution in [0.4, 0.5) is 10.1 Å². The standard InChI is InChI=1S/C22H27FN2O3/c1-16-9-10-18(23)19(14-16)25-12-5-6-17(15-25)24-22(26)11-13-28-21-8-4-3-7-20(21)27-2/h3-4,7-10,14,17H,5-6,11-13,15H2,1-2H3,(H,24,26). The second kappa shape index (κ2) is 9.44. The molecule has 6 heteroatoms. The summed E-state index contributed by atoms with van der Waals surface area (Å²) in [6, 6.07) is 12.5. The third-order valence-corrected chi connectivity index (χ3v) is 4.88. The van der Waals surface area contributed by atoms with Crippen molar-refractivity contribution in [2.24, 2.45) is 0 Å². The summed E-state index contributed by atoms with van der Waals surface area (Å²) < 4.78 is 25.1. The SMILES string of the molecule is COc1ccccc1OCCC(=O)NC1CCCN(c2cc(C)ccc2F)C1. The maximum atomic E-state index is 14.2. The zero-order chi connectivity index (χ0) is 19.9. The van der Waals surface area contributed by atoms with Gasteiger partial charge in [-0.25, -0.2) is 4.39 Å². The summed E-state index contributed by atoms with van der Waals surface area (Å²) in [6.07, 6.45) is 2.06. The Bertz CT molecular complexity index is 812. The quantitative estimate of drug-likeness (QED) is 0.788. The average Bonchev–Trinajstić information content (AvgIpc) is 2.70. The van der Waals surface area contributed by atoms with E-state index < -0.39 is 0 Å². The van der Waals surface area contributed by atoms with Crippen molar-refractivity contribution < 1.29 is 18.7 Å². The van der Waals surface area contributed by atoms with Crippen molar-refractivity contribution in [3.05, 3.63) is 53.8 Å². The van der Waals surface area contributed by atoms with Crippen LogP contribution in [-0.2, 0) is 4.79 Å². The monoisotopic (exact) mass is 386 g/mol. The van der Waals surface area contributed by atoms with Gasteiger partial charge in [-0.1, -0.05) is 18.2 Å². The smallest absolute Gasteiger partial charge is 0.223 e. The minimum atomic E-state index is -0.220. The number of piperidine rings is 1. The number of benzene rings is 2. The number of amides is 1. The molecule has 1 unspecified atom stereocenters. The number of carbonyl (C=O) groups is 1. The minimum absolute atomic E-state index is 0.00687. The predicted molar refractivity (Wildman–Crippen MR) is 108 cm³/mol.